The Labute approximate surface area is 245 Å². The van der Waals surface area contributed by atoms with Crippen molar-refractivity contribution in [3.8, 4) is 11.5 Å². The van der Waals surface area contributed by atoms with E-state index in [2.05, 4.69) is 10.2 Å². The van der Waals surface area contributed by atoms with Crippen molar-refractivity contribution in [1.29, 1.82) is 0 Å². The Hall–Kier alpha value is -3.91. The molecular formula is C28H42N4O10. The quantitative estimate of drug-likeness (QED) is 0.0910. The van der Waals surface area contributed by atoms with Crippen LogP contribution in [0.3, 0.4) is 0 Å². The molecule has 0 spiro atoms. The van der Waals surface area contributed by atoms with E-state index in [0.29, 0.717) is 32.0 Å². The molecule has 0 saturated heterocycles. The molecule has 0 radical (unpaired) electrons. The molecule has 2 N–H and O–H groups in total. The monoisotopic (exact) mass is 594 g/mol. The number of carbonyl (C=O) groups excluding carboxylic acids is 3. The maximum Gasteiger partial charge on any atom is 0.512 e. The number of ether oxygens (including phenoxy) is 7. The minimum absolute atomic E-state index is 0.000622. The molecule has 1 heterocycles. The summed E-state index contributed by atoms with van der Waals surface area (Å²) in [6.45, 7) is 13.4. The van der Waals surface area contributed by atoms with Crippen molar-refractivity contribution in [3.63, 3.8) is 0 Å². The van der Waals surface area contributed by atoms with Crippen LogP contribution in [0.1, 0.15) is 87.7 Å². The van der Waals surface area contributed by atoms with Crippen LogP contribution in [0, 0.1) is 5.92 Å². The van der Waals surface area contributed by atoms with Crippen LogP contribution in [0.25, 0.3) is 0 Å². The number of carbonyl (C=O) groups is 3. The van der Waals surface area contributed by atoms with E-state index in [-0.39, 0.29) is 41.1 Å². The van der Waals surface area contributed by atoms with Gasteiger partial charge in [-0.1, -0.05) is 13.8 Å². The highest BCUT2D eigenvalue weighted by atomic mass is 16.8. The van der Waals surface area contributed by atoms with E-state index < -0.39 is 36.3 Å². The van der Waals surface area contributed by atoms with Gasteiger partial charge >= 0.3 is 12.1 Å². The van der Waals surface area contributed by atoms with Gasteiger partial charge in [0.25, 0.3) is 0 Å². The summed E-state index contributed by atoms with van der Waals surface area (Å²) in [6.07, 6.45) is -3.05. The molecule has 2 unspecified atom stereocenters. The van der Waals surface area contributed by atoms with Gasteiger partial charge in [0.2, 0.25) is 24.0 Å². The van der Waals surface area contributed by atoms with Gasteiger partial charge in [-0.05, 0) is 40.7 Å². The van der Waals surface area contributed by atoms with Crippen LogP contribution in [0.5, 0.6) is 11.5 Å². The van der Waals surface area contributed by atoms with Crippen molar-refractivity contribution in [1.82, 2.24) is 15.0 Å². The van der Waals surface area contributed by atoms with Crippen LogP contribution < -0.4 is 15.2 Å². The summed E-state index contributed by atoms with van der Waals surface area (Å²) in [5.74, 6) is -1.43. The van der Waals surface area contributed by atoms with Crippen molar-refractivity contribution in [2.45, 2.75) is 73.5 Å². The molecule has 2 aromatic rings. The first-order valence-electron chi connectivity index (χ1n) is 13.9. The molecule has 0 fully saturated rings. The zero-order valence-electron chi connectivity index (χ0n) is 25.5. The summed E-state index contributed by atoms with van der Waals surface area (Å²) in [5, 5.41) is 8.45. The smallest absolute Gasteiger partial charge is 0.493 e. The lowest BCUT2D eigenvalue weighted by atomic mass is 10.0. The Balaban J connectivity index is 2.47. The predicted octanol–water partition coefficient (Wildman–Crippen LogP) is 4.16. The second-order valence-corrected chi connectivity index (χ2v) is 9.51. The first-order valence-corrected chi connectivity index (χ1v) is 13.9. The fourth-order valence-corrected chi connectivity index (χ4v) is 3.70. The predicted molar refractivity (Wildman–Crippen MR) is 151 cm³/mol. The van der Waals surface area contributed by atoms with Crippen molar-refractivity contribution >= 4 is 23.6 Å². The van der Waals surface area contributed by atoms with E-state index in [1.165, 1.54) is 19.2 Å². The van der Waals surface area contributed by atoms with Crippen LogP contribution in [-0.2, 0) is 23.7 Å². The lowest BCUT2D eigenvalue weighted by Gasteiger charge is -2.22. The zero-order chi connectivity index (χ0) is 31.4. The SMILES string of the molecule is CCOCCC(OCC)OC(=O)OC(C(C)C)n1nc(C(=O)OCC)c(C(=O)c2cc(OC(C)C)c(OC)cc2N)n1. The fourth-order valence-electron chi connectivity index (χ4n) is 3.70. The largest absolute Gasteiger partial charge is 0.512 e. The highest BCUT2D eigenvalue weighted by Gasteiger charge is 2.33. The van der Waals surface area contributed by atoms with Gasteiger partial charge in [0, 0.05) is 37.3 Å². The molecule has 0 aliphatic carbocycles. The molecule has 1 aromatic heterocycles. The molecule has 2 rings (SSSR count). The maximum absolute atomic E-state index is 13.7. The minimum Gasteiger partial charge on any atom is -0.493 e. The highest BCUT2D eigenvalue weighted by Crippen LogP contribution is 2.34. The Kier molecular flexibility index (Phi) is 13.5. The number of esters is 1. The molecule has 0 bridgehead atoms. The lowest BCUT2D eigenvalue weighted by molar-refractivity contribution is -0.143. The normalized spacial score (nSPS) is 12.6. The lowest BCUT2D eigenvalue weighted by Crippen LogP contribution is -2.29. The molecule has 0 amide bonds. The van der Waals surface area contributed by atoms with Crippen LogP contribution in [0.2, 0.25) is 0 Å². The van der Waals surface area contributed by atoms with Gasteiger partial charge in [-0.2, -0.15) is 0 Å². The molecule has 14 nitrogen and oxygen atoms in total. The number of nitrogens with zero attached hydrogens (tertiary/aromatic N) is 3. The number of methoxy groups -OCH3 is 1. The van der Waals surface area contributed by atoms with Gasteiger partial charge in [-0.15, -0.1) is 15.0 Å². The van der Waals surface area contributed by atoms with Gasteiger partial charge in [-0.3, -0.25) is 4.79 Å². The standard InChI is InChI=1S/C28H42N4O10/c1-9-37-13-12-22(38-10-2)41-28(35)42-26(16(4)5)32-30-23(24(31-32)27(34)39-11-3)25(33)18-14-21(40-17(6)7)20(36-8)15-19(18)29/h14-17,22,26H,9-13,29H2,1-8H3. The molecule has 0 aliphatic rings. The highest BCUT2D eigenvalue weighted by molar-refractivity contribution is 6.15. The fraction of sp³-hybridized carbons (Fsp3) is 0.607. The zero-order valence-corrected chi connectivity index (χ0v) is 25.5. The van der Waals surface area contributed by atoms with Gasteiger partial charge in [0.15, 0.2) is 17.2 Å². The van der Waals surface area contributed by atoms with E-state index in [1.807, 2.05) is 20.8 Å². The molecule has 0 saturated carbocycles. The molecule has 1 aromatic carbocycles. The average Bonchev–Trinajstić information content (AvgIpc) is 3.37. The summed E-state index contributed by atoms with van der Waals surface area (Å²) in [6, 6.07) is 2.85. The number of nitrogens with two attached hydrogens (primary N) is 1. The first-order chi connectivity index (χ1) is 20.0. The van der Waals surface area contributed by atoms with Crippen molar-refractivity contribution in [3.05, 3.63) is 29.1 Å². The average molecular weight is 595 g/mol. The Morgan fingerprint density at radius 1 is 0.929 bits per heavy atom. The van der Waals surface area contributed by atoms with Crippen LogP contribution >= 0.6 is 0 Å². The number of aromatic nitrogens is 3. The minimum atomic E-state index is -1.16. The number of hydrogen-bond donors (Lipinski definition) is 1. The summed E-state index contributed by atoms with van der Waals surface area (Å²) in [7, 11) is 1.44. The second kappa shape index (κ2) is 16.5. The molecule has 2 atom stereocenters. The number of ketones is 1. The van der Waals surface area contributed by atoms with Gasteiger partial charge in [-0.25, -0.2) is 9.59 Å². The Bertz CT molecular complexity index is 1200. The summed E-state index contributed by atoms with van der Waals surface area (Å²) >= 11 is 0. The third-order valence-electron chi connectivity index (χ3n) is 5.55. The number of nitrogen functional groups attached to an aromatic ring is 1. The summed E-state index contributed by atoms with van der Waals surface area (Å²) in [5.41, 5.74) is 5.51. The Morgan fingerprint density at radius 2 is 1.62 bits per heavy atom. The molecule has 42 heavy (non-hydrogen) atoms. The maximum atomic E-state index is 13.7. The molecular weight excluding hydrogens is 552 g/mol. The molecule has 234 valence electrons. The third kappa shape index (κ3) is 9.31. The van der Waals surface area contributed by atoms with E-state index in [4.69, 9.17) is 38.9 Å². The number of anilines is 1. The topological polar surface area (TPSA) is 173 Å². The third-order valence-corrected chi connectivity index (χ3v) is 5.55. The van der Waals surface area contributed by atoms with E-state index in [0.717, 1.165) is 4.80 Å². The number of rotatable bonds is 17. The van der Waals surface area contributed by atoms with Gasteiger partial charge < -0.3 is 38.9 Å². The summed E-state index contributed by atoms with van der Waals surface area (Å²) < 4.78 is 37.8. The van der Waals surface area contributed by atoms with Crippen LogP contribution in [0.4, 0.5) is 10.5 Å². The molecule has 0 aliphatic heterocycles. The molecule has 14 heteroatoms. The number of benzene rings is 1. The first kappa shape index (κ1) is 34.3. The van der Waals surface area contributed by atoms with Gasteiger partial charge in [0.1, 0.15) is 0 Å². The van der Waals surface area contributed by atoms with Crippen LogP contribution in [-0.4, -0.2) is 78.8 Å². The van der Waals surface area contributed by atoms with E-state index in [1.54, 1.807) is 27.7 Å². The summed E-state index contributed by atoms with van der Waals surface area (Å²) in [4.78, 5) is 40.3. The van der Waals surface area contributed by atoms with Crippen molar-refractivity contribution < 1.29 is 47.5 Å². The number of hydrogen-bond acceptors (Lipinski definition) is 13. The Morgan fingerprint density at radius 3 is 2.19 bits per heavy atom. The van der Waals surface area contributed by atoms with E-state index in [9.17, 15) is 14.4 Å². The van der Waals surface area contributed by atoms with Crippen molar-refractivity contribution in [2.24, 2.45) is 5.92 Å². The van der Waals surface area contributed by atoms with E-state index >= 15 is 0 Å². The van der Waals surface area contributed by atoms with Crippen LogP contribution in [0.15, 0.2) is 12.1 Å². The second-order valence-electron chi connectivity index (χ2n) is 9.51. The van der Waals surface area contributed by atoms with Gasteiger partial charge in [0.05, 0.1) is 32.0 Å². The van der Waals surface area contributed by atoms with Crippen molar-refractivity contribution in [2.75, 3.05) is 39.3 Å².